The van der Waals surface area contributed by atoms with Gasteiger partial charge in [0.2, 0.25) is 0 Å². The molecule has 1 saturated heterocycles. The van der Waals surface area contributed by atoms with Gasteiger partial charge in [-0.05, 0) is 58.6 Å². The highest BCUT2D eigenvalue weighted by Gasteiger charge is 2.36. The fraction of sp³-hybridized carbons (Fsp3) is 0.632. The lowest BCUT2D eigenvalue weighted by Crippen LogP contribution is -2.40. The molecule has 0 radical (unpaired) electrons. The molecule has 1 aliphatic heterocycles. The summed E-state index contributed by atoms with van der Waals surface area (Å²) in [5.41, 5.74) is 1.62. The van der Waals surface area contributed by atoms with Crippen LogP contribution in [-0.2, 0) is 12.1 Å². The Labute approximate surface area is 148 Å². The smallest absolute Gasteiger partial charge is 0.272 e. The van der Waals surface area contributed by atoms with Gasteiger partial charge in [-0.2, -0.15) is 10.2 Å². The van der Waals surface area contributed by atoms with E-state index < -0.39 is 0 Å². The number of likely N-dealkylation sites (tertiary alicyclic amines) is 1. The summed E-state index contributed by atoms with van der Waals surface area (Å²) in [7, 11) is 0. The Morgan fingerprint density at radius 3 is 2.72 bits per heavy atom. The number of carbonyl (C=O) groups is 1. The summed E-state index contributed by atoms with van der Waals surface area (Å²) in [5.74, 6) is 0.664. The number of carbonyl (C=O) groups excluding carboxylic acids is 1. The van der Waals surface area contributed by atoms with Crippen molar-refractivity contribution in [1.82, 2.24) is 24.5 Å². The van der Waals surface area contributed by atoms with Crippen LogP contribution in [0.25, 0.3) is 0 Å². The highest BCUT2D eigenvalue weighted by molar-refractivity contribution is 5.93. The van der Waals surface area contributed by atoms with Crippen molar-refractivity contribution >= 4 is 5.91 Å². The molecule has 134 valence electrons. The second-order valence-corrected chi connectivity index (χ2v) is 8.33. The zero-order valence-corrected chi connectivity index (χ0v) is 15.4. The average molecular weight is 341 g/mol. The molecule has 6 nitrogen and oxygen atoms in total. The third kappa shape index (κ3) is 3.22. The van der Waals surface area contributed by atoms with Crippen molar-refractivity contribution in [1.29, 1.82) is 0 Å². The maximum atomic E-state index is 13.3. The molecule has 0 bridgehead atoms. The maximum absolute atomic E-state index is 13.3. The average Bonchev–Trinajstić information content (AvgIpc) is 3.00. The summed E-state index contributed by atoms with van der Waals surface area (Å²) in [6, 6.07) is 4.17. The van der Waals surface area contributed by atoms with Gasteiger partial charge in [-0.15, -0.1) is 0 Å². The molecule has 1 amide bonds. The number of rotatable bonds is 4. The van der Waals surface area contributed by atoms with Crippen LogP contribution in [0.4, 0.5) is 0 Å². The molecule has 3 heterocycles. The highest BCUT2D eigenvalue weighted by atomic mass is 16.2. The molecule has 4 rings (SSSR count). The van der Waals surface area contributed by atoms with E-state index in [0.29, 0.717) is 5.92 Å². The number of amides is 1. The number of aromatic nitrogens is 4. The summed E-state index contributed by atoms with van der Waals surface area (Å²) in [6.07, 6.45) is 8.23. The van der Waals surface area contributed by atoms with Crippen molar-refractivity contribution in [2.24, 2.45) is 0 Å². The number of nitrogens with zero attached hydrogens (tertiary/aromatic N) is 5. The van der Waals surface area contributed by atoms with Crippen molar-refractivity contribution in [3.63, 3.8) is 0 Å². The molecular formula is C19H27N5O. The van der Waals surface area contributed by atoms with Crippen molar-refractivity contribution in [3.05, 3.63) is 35.9 Å². The van der Waals surface area contributed by atoms with Crippen LogP contribution >= 0.6 is 0 Å². The van der Waals surface area contributed by atoms with Crippen LogP contribution in [0.5, 0.6) is 0 Å². The van der Waals surface area contributed by atoms with Gasteiger partial charge < -0.3 is 4.90 Å². The number of hydrogen-bond acceptors (Lipinski definition) is 3. The first kappa shape index (κ1) is 16.4. The van der Waals surface area contributed by atoms with Crippen LogP contribution in [0.15, 0.2) is 24.5 Å². The SMILES string of the molecule is CC(C)(C)n1nc(C2CC2)cc1C(=O)N1CCC[C@H]1Cn1cccn1. The molecule has 2 aromatic heterocycles. The Bertz CT molecular complexity index is 751. The molecule has 25 heavy (non-hydrogen) atoms. The van der Waals surface area contributed by atoms with Crippen LogP contribution in [0, 0.1) is 0 Å². The number of hydrogen-bond donors (Lipinski definition) is 0. The van der Waals surface area contributed by atoms with Crippen molar-refractivity contribution in [3.8, 4) is 0 Å². The van der Waals surface area contributed by atoms with Gasteiger partial charge in [-0.25, -0.2) is 0 Å². The molecule has 2 fully saturated rings. The Morgan fingerprint density at radius 1 is 1.28 bits per heavy atom. The van der Waals surface area contributed by atoms with E-state index in [9.17, 15) is 4.79 Å². The molecule has 2 aromatic rings. The van der Waals surface area contributed by atoms with Gasteiger partial charge in [0.15, 0.2) is 0 Å². The molecule has 0 unspecified atom stereocenters. The van der Waals surface area contributed by atoms with Crippen LogP contribution < -0.4 is 0 Å². The van der Waals surface area contributed by atoms with Crippen molar-refractivity contribution < 1.29 is 4.79 Å². The molecular weight excluding hydrogens is 314 g/mol. The van der Waals surface area contributed by atoms with Crippen LogP contribution in [-0.4, -0.2) is 43.0 Å². The van der Waals surface area contributed by atoms with Gasteiger partial charge in [0.05, 0.1) is 23.8 Å². The van der Waals surface area contributed by atoms with E-state index in [1.54, 1.807) is 6.20 Å². The molecule has 1 atom stereocenters. The first-order valence-corrected chi connectivity index (χ1v) is 9.32. The quantitative estimate of drug-likeness (QED) is 0.859. The summed E-state index contributed by atoms with van der Waals surface area (Å²) in [6.45, 7) is 7.91. The topological polar surface area (TPSA) is 56.0 Å². The van der Waals surface area contributed by atoms with Crippen LogP contribution in [0.1, 0.15) is 68.6 Å². The van der Waals surface area contributed by atoms with E-state index >= 15 is 0 Å². The maximum Gasteiger partial charge on any atom is 0.272 e. The van der Waals surface area contributed by atoms with E-state index in [0.717, 1.165) is 37.3 Å². The van der Waals surface area contributed by atoms with Gasteiger partial charge in [-0.3, -0.25) is 14.2 Å². The molecule has 6 heteroatoms. The normalized spacial score (nSPS) is 21.1. The largest absolute Gasteiger partial charge is 0.332 e. The molecule has 1 aliphatic carbocycles. The first-order valence-electron chi connectivity index (χ1n) is 9.32. The summed E-state index contributed by atoms with van der Waals surface area (Å²) >= 11 is 0. The van der Waals surface area contributed by atoms with Gasteiger partial charge >= 0.3 is 0 Å². The van der Waals surface area contributed by atoms with Gasteiger partial charge in [0.1, 0.15) is 5.69 Å². The predicted octanol–water partition coefficient (Wildman–Crippen LogP) is 3.02. The molecule has 2 aliphatic rings. The summed E-state index contributed by atoms with van der Waals surface area (Å²) in [5, 5.41) is 9.09. The van der Waals surface area contributed by atoms with Gasteiger partial charge in [0.25, 0.3) is 5.91 Å². The minimum atomic E-state index is -0.199. The fourth-order valence-electron chi connectivity index (χ4n) is 3.71. The molecule has 0 N–H and O–H groups in total. The molecule has 0 spiro atoms. The Kier molecular flexibility index (Phi) is 3.93. The zero-order chi connectivity index (χ0) is 17.6. The van der Waals surface area contributed by atoms with E-state index in [1.165, 1.54) is 12.8 Å². The lowest BCUT2D eigenvalue weighted by molar-refractivity contribution is 0.0701. The van der Waals surface area contributed by atoms with E-state index in [2.05, 4.69) is 25.9 Å². The van der Waals surface area contributed by atoms with E-state index in [4.69, 9.17) is 5.10 Å². The standard InChI is InChI=1S/C19H27N5O/c1-19(2,3)24-17(12-16(21-24)14-7-8-14)18(25)23-11-4-6-15(23)13-22-10-5-9-20-22/h5,9-10,12,14-15H,4,6-8,11,13H2,1-3H3/t15-/m0/s1. The first-order chi connectivity index (χ1) is 11.9. The lowest BCUT2D eigenvalue weighted by atomic mass is 10.1. The second kappa shape index (κ2) is 6.00. The van der Waals surface area contributed by atoms with Crippen LogP contribution in [0.3, 0.4) is 0 Å². The van der Waals surface area contributed by atoms with Crippen molar-refractivity contribution in [2.45, 2.75) is 70.5 Å². The minimum Gasteiger partial charge on any atom is -0.332 e. The Morgan fingerprint density at radius 2 is 2.08 bits per heavy atom. The third-order valence-electron chi connectivity index (χ3n) is 5.17. The Hall–Kier alpha value is -2.11. The Balaban J connectivity index is 1.61. The summed E-state index contributed by atoms with van der Waals surface area (Å²) < 4.78 is 3.86. The third-order valence-corrected chi connectivity index (χ3v) is 5.17. The minimum absolute atomic E-state index is 0.115. The zero-order valence-electron chi connectivity index (χ0n) is 15.4. The lowest BCUT2D eigenvalue weighted by Gasteiger charge is -2.27. The predicted molar refractivity (Wildman–Crippen MR) is 95.5 cm³/mol. The molecule has 1 saturated carbocycles. The van der Waals surface area contributed by atoms with Crippen LogP contribution in [0.2, 0.25) is 0 Å². The monoisotopic (exact) mass is 341 g/mol. The van der Waals surface area contributed by atoms with E-state index in [-0.39, 0.29) is 17.5 Å². The van der Waals surface area contributed by atoms with E-state index in [1.807, 2.05) is 32.6 Å². The fourth-order valence-corrected chi connectivity index (χ4v) is 3.71. The molecule has 0 aromatic carbocycles. The summed E-state index contributed by atoms with van der Waals surface area (Å²) in [4.78, 5) is 15.4. The highest BCUT2D eigenvalue weighted by Crippen LogP contribution is 2.40. The van der Waals surface area contributed by atoms with Crippen molar-refractivity contribution in [2.75, 3.05) is 6.54 Å². The van der Waals surface area contributed by atoms with Gasteiger partial charge in [-0.1, -0.05) is 0 Å². The second-order valence-electron chi connectivity index (χ2n) is 8.33. The van der Waals surface area contributed by atoms with Gasteiger partial charge in [0, 0.05) is 24.9 Å².